The van der Waals surface area contributed by atoms with Crippen molar-refractivity contribution < 1.29 is 13.2 Å². The highest BCUT2D eigenvalue weighted by atomic mass is 19.4. The van der Waals surface area contributed by atoms with Crippen molar-refractivity contribution in [1.82, 2.24) is 5.32 Å². The Hall–Kier alpha value is -0.250. The Balaban J connectivity index is 4.23. The Morgan fingerprint density at radius 2 is 1.71 bits per heavy atom. The summed E-state index contributed by atoms with van der Waals surface area (Å²) in [6.07, 6.45) is -1.99. The first-order valence-corrected chi connectivity index (χ1v) is 5.23. The molecular weight excluding hydrogens is 191 g/mol. The quantitative estimate of drug-likeness (QED) is 0.710. The van der Waals surface area contributed by atoms with Gasteiger partial charge in [-0.3, -0.25) is 0 Å². The predicted octanol–water partition coefficient (Wildman–Crippen LogP) is 3.35. The van der Waals surface area contributed by atoms with E-state index >= 15 is 0 Å². The monoisotopic (exact) mass is 211 g/mol. The van der Waals surface area contributed by atoms with E-state index in [1.807, 2.05) is 13.8 Å². The molecule has 0 spiro atoms. The number of halogens is 3. The molecule has 0 bridgehead atoms. The molecule has 4 heteroatoms. The van der Waals surface area contributed by atoms with Gasteiger partial charge in [-0.15, -0.1) is 0 Å². The minimum Gasteiger partial charge on any atom is -0.306 e. The first kappa shape index (κ1) is 13.8. The Morgan fingerprint density at radius 3 is 2.07 bits per heavy atom. The topological polar surface area (TPSA) is 12.0 Å². The van der Waals surface area contributed by atoms with Gasteiger partial charge in [-0.1, -0.05) is 27.2 Å². The lowest BCUT2D eigenvalue weighted by molar-refractivity contribution is -0.167. The summed E-state index contributed by atoms with van der Waals surface area (Å²) in [4.78, 5) is 0. The van der Waals surface area contributed by atoms with Crippen molar-refractivity contribution in [2.75, 3.05) is 6.54 Å². The number of rotatable bonds is 6. The third-order valence-corrected chi connectivity index (χ3v) is 2.28. The number of alkyl halides is 3. The van der Waals surface area contributed by atoms with Gasteiger partial charge in [-0.2, -0.15) is 13.2 Å². The number of nitrogens with one attached hydrogen (secondary N) is 1. The fourth-order valence-corrected chi connectivity index (χ4v) is 1.56. The van der Waals surface area contributed by atoms with Crippen molar-refractivity contribution in [3.63, 3.8) is 0 Å². The molecule has 86 valence electrons. The van der Waals surface area contributed by atoms with Crippen LogP contribution in [0, 0.1) is 5.92 Å². The SMILES string of the molecule is CCCNC(C(C)CCC)C(F)(F)F. The Kier molecular flexibility index (Phi) is 6.16. The third kappa shape index (κ3) is 4.84. The van der Waals surface area contributed by atoms with E-state index in [-0.39, 0.29) is 5.92 Å². The molecule has 0 saturated heterocycles. The van der Waals surface area contributed by atoms with E-state index in [9.17, 15) is 13.2 Å². The van der Waals surface area contributed by atoms with E-state index in [1.54, 1.807) is 6.92 Å². The fraction of sp³-hybridized carbons (Fsp3) is 1.00. The van der Waals surface area contributed by atoms with Gasteiger partial charge in [-0.05, 0) is 25.3 Å². The lowest BCUT2D eigenvalue weighted by atomic mass is 9.96. The van der Waals surface area contributed by atoms with Gasteiger partial charge < -0.3 is 5.32 Å². The summed E-state index contributed by atoms with van der Waals surface area (Å²) in [6.45, 7) is 5.86. The van der Waals surface area contributed by atoms with E-state index in [0.717, 1.165) is 12.8 Å². The first-order chi connectivity index (χ1) is 6.43. The summed E-state index contributed by atoms with van der Waals surface area (Å²) < 4.78 is 37.7. The zero-order valence-corrected chi connectivity index (χ0v) is 9.12. The minimum atomic E-state index is -4.12. The summed E-state index contributed by atoms with van der Waals surface area (Å²) >= 11 is 0. The van der Waals surface area contributed by atoms with Gasteiger partial charge >= 0.3 is 6.18 Å². The molecule has 0 fully saturated rings. The van der Waals surface area contributed by atoms with Gasteiger partial charge in [0.05, 0.1) is 0 Å². The van der Waals surface area contributed by atoms with Crippen LogP contribution in [-0.4, -0.2) is 18.8 Å². The lowest BCUT2D eigenvalue weighted by Crippen LogP contribution is -2.47. The lowest BCUT2D eigenvalue weighted by Gasteiger charge is -2.27. The number of hydrogen-bond donors (Lipinski definition) is 1. The van der Waals surface area contributed by atoms with Crippen LogP contribution >= 0.6 is 0 Å². The van der Waals surface area contributed by atoms with Crippen LogP contribution in [0.1, 0.15) is 40.0 Å². The van der Waals surface area contributed by atoms with Crippen LogP contribution in [0.4, 0.5) is 13.2 Å². The molecule has 0 rings (SSSR count). The van der Waals surface area contributed by atoms with E-state index in [2.05, 4.69) is 5.32 Å². The molecule has 0 saturated carbocycles. The highest BCUT2D eigenvalue weighted by Crippen LogP contribution is 2.27. The maximum absolute atomic E-state index is 12.6. The molecule has 0 aromatic heterocycles. The molecular formula is C10H20F3N. The van der Waals surface area contributed by atoms with Crippen LogP contribution in [0.25, 0.3) is 0 Å². The van der Waals surface area contributed by atoms with Crippen molar-refractivity contribution in [1.29, 1.82) is 0 Å². The van der Waals surface area contributed by atoms with Crippen molar-refractivity contribution in [3.8, 4) is 0 Å². The summed E-state index contributed by atoms with van der Waals surface area (Å²) in [7, 11) is 0. The summed E-state index contributed by atoms with van der Waals surface area (Å²) in [5, 5.41) is 2.57. The molecule has 0 amide bonds. The summed E-state index contributed by atoms with van der Waals surface area (Å²) in [5.74, 6) is -0.341. The molecule has 2 unspecified atom stereocenters. The molecule has 0 aliphatic carbocycles. The van der Waals surface area contributed by atoms with Gasteiger partial charge in [0.2, 0.25) is 0 Å². The van der Waals surface area contributed by atoms with Gasteiger partial charge in [0.1, 0.15) is 6.04 Å². The zero-order valence-electron chi connectivity index (χ0n) is 9.12. The standard InChI is InChI=1S/C10H20F3N/c1-4-6-8(3)9(10(11,12)13)14-7-5-2/h8-9,14H,4-7H2,1-3H3. The van der Waals surface area contributed by atoms with Crippen molar-refractivity contribution in [2.24, 2.45) is 5.92 Å². The maximum atomic E-state index is 12.6. The number of hydrogen-bond acceptors (Lipinski definition) is 1. The Labute approximate surface area is 84.1 Å². The van der Waals surface area contributed by atoms with Crippen LogP contribution in [0.15, 0.2) is 0 Å². The average molecular weight is 211 g/mol. The van der Waals surface area contributed by atoms with Gasteiger partial charge in [0, 0.05) is 0 Å². The first-order valence-electron chi connectivity index (χ1n) is 5.23. The van der Waals surface area contributed by atoms with Crippen LogP contribution in [0.2, 0.25) is 0 Å². The molecule has 0 aliphatic heterocycles. The molecule has 0 radical (unpaired) electrons. The largest absolute Gasteiger partial charge is 0.404 e. The second-order valence-electron chi connectivity index (χ2n) is 3.74. The highest BCUT2D eigenvalue weighted by molar-refractivity contribution is 4.80. The van der Waals surface area contributed by atoms with E-state index in [1.165, 1.54) is 0 Å². The minimum absolute atomic E-state index is 0.341. The van der Waals surface area contributed by atoms with Crippen molar-refractivity contribution in [3.05, 3.63) is 0 Å². The fourth-order valence-electron chi connectivity index (χ4n) is 1.56. The van der Waals surface area contributed by atoms with Gasteiger partial charge in [0.25, 0.3) is 0 Å². The summed E-state index contributed by atoms with van der Waals surface area (Å²) in [6, 6.07) is -1.35. The Morgan fingerprint density at radius 1 is 1.14 bits per heavy atom. The molecule has 0 aliphatic rings. The zero-order chi connectivity index (χ0) is 11.2. The molecule has 0 heterocycles. The average Bonchev–Trinajstić information content (AvgIpc) is 2.03. The maximum Gasteiger partial charge on any atom is 0.404 e. The van der Waals surface area contributed by atoms with Crippen LogP contribution in [0.5, 0.6) is 0 Å². The van der Waals surface area contributed by atoms with Gasteiger partial charge in [-0.25, -0.2) is 0 Å². The molecule has 1 N–H and O–H groups in total. The third-order valence-electron chi connectivity index (χ3n) is 2.28. The molecule has 0 aromatic carbocycles. The normalized spacial score (nSPS) is 16.7. The van der Waals surface area contributed by atoms with Crippen LogP contribution in [-0.2, 0) is 0 Å². The second kappa shape index (κ2) is 6.27. The van der Waals surface area contributed by atoms with Crippen molar-refractivity contribution in [2.45, 2.75) is 52.3 Å². The highest BCUT2D eigenvalue weighted by Gasteiger charge is 2.41. The second-order valence-corrected chi connectivity index (χ2v) is 3.74. The summed E-state index contributed by atoms with van der Waals surface area (Å²) in [5.41, 5.74) is 0. The molecule has 0 aromatic rings. The Bertz CT molecular complexity index is 145. The van der Waals surface area contributed by atoms with Crippen molar-refractivity contribution >= 4 is 0 Å². The molecule has 2 atom stereocenters. The molecule has 14 heavy (non-hydrogen) atoms. The van der Waals surface area contributed by atoms with Crippen LogP contribution in [0.3, 0.4) is 0 Å². The van der Waals surface area contributed by atoms with E-state index < -0.39 is 12.2 Å². The van der Waals surface area contributed by atoms with Gasteiger partial charge in [0.15, 0.2) is 0 Å². The smallest absolute Gasteiger partial charge is 0.306 e. The van der Waals surface area contributed by atoms with Crippen LogP contribution < -0.4 is 5.32 Å². The molecule has 1 nitrogen and oxygen atoms in total. The van der Waals surface area contributed by atoms with E-state index in [0.29, 0.717) is 13.0 Å². The van der Waals surface area contributed by atoms with E-state index in [4.69, 9.17) is 0 Å². The predicted molar refractivity (Wildman–Crippen MR) is 52.2 cm³/mol.